The average molecular weight is 437 g/mol. The Morgan fingerprint density at radius 2 is 2.11 bits per heavy atom. The van der Waals surface area contributed by atoms with Crippen LogP contribution >= 0.6 is 23.3 Å². The largest absolute Gasteiger partial charge is 0.325 e. The van der Waals surface area contributed by atoms with Crippen LogP contribution in [0.1, 0.15) is 18.4 Å². The predicted octanol–water partition coefficient (Wildman–Crippen LogP) is 3.44. The first-order valence-corrected chi connectivity index (χ1v) is 11.2. The number of benzene rings is 2. The van der Waals surface area contributed by atoms with Crippen molar-refractivity contribution in [2.24, 2.45) is 0 Å². The second kappa shape index (κ2) is 7.40. The van der Waals surface area contributed by atoms with Gasteiger partial charge in [0.25, 0.3) is 0 Å². The van der Waals surface area contributed by atoms with E-state index in [9.17, 15) is 13.2 Å². The standard InChI is InChI=1S/C18H17ClN4O3S2/c1-11-7-8-12(10-13(11)19)20-18(24)15-5-3-9-23(15)28(25,26)16-6-2-4-14-17(16)22-27-21-14/h2,4,6-8,10,15H,3,5,9H2,1H3,(H,20,24). The van der Waals surface area contributed by atoms with Gasteiger partial charge in [-0.1, -0.05) is 23.7 Å². The van der Waals surface area contributed by atoms with Gasteiger partial charge in [-0.05, 0) is 49.6 Å². The average Bonchev–Trinajstić information content (AvgIpc) is 3.33. The Labute approximate surface area is 171 Å². The molecule has 1 amide bonds. The van der Waals surface area contributed by atoms with Gasteiger partial charge < -0.3 is 5.32 Å². The molecule has 0 bridgehead atoms. The van der Waals surface area contributed by atoms with E-state index in [1.165, 1.54) is 10.4 Å². The summed E-state index contributed by atoms with van der Waals surface area (Å²) in [6.45, 7) is 2.15. The van der Waals surface area contributed by atoms with Crippen LogP contribution in [0.25, 0.3) is 11.0 Å². The number of hydrogen-bond acceptors (Lipinski definition) is 6. The molecule has 4 rings (SSSR count). The zero-order valence-electron chi connectivity index (χ0n) is 14.9. The topological polar surface area (TPSA) is 92.3 Å². The number of amides is 1. The molecule has 2 aromatic carbocycles. The molecule has 0 saturated carbocycles. The van der Waals surface area contributed by atoms with Gasteiger partial charge in [-0.25, -0.2) is 8.42 Å². The zero-order chi connectivity index (χ0) is 19.9. The van der Waals surface area contributed by atoms with Crippen molar-refractivity contribution in [3.63, 3.8) is 0 Å². The third-order valence-corrected chi connectivity index (χ3v) is 7.67. The molecule has 1 N–H and O–H groups in total. The van der Waals surface area contributed by atoms with Crippen LogP contribution in [-0.2, 0) is 14.8 Å². The predicted molar refractivity (Wildman–Crippen MR) is 109 cm³/mol. The van der Waals surface area contributed by atoms with Crippen molar-refractivity contribution in [3.05, 3.63) is 47.0 Å². The fraction of sp³-hybridized carbons (Fsp3) is 0.278. The minimum Gasteiger partial charge on any atom is -0.325 e. The van der Waals surface area contributed by atoms with E-state index in [-0.39, 0.29) is 17.3 Å². The molecule has 1 saturated heterocycles. The Balaban J connectivity index is 1.63. The quantitative estimate of drug-likeness (QED) is 0.676. The molecule has 1 fully saturated rings. The lowest BCUT2D eigenvalue weighted by Gasteiger charge is -2.23. The van der Waals surface area contributed by atoms with E-state index in [1.807, 2.05) is 6.92 Å². The maximum absolute atomic E-state index is 13.3. The lowest BCUT2D eigenvalue weighted by Crippen LogP contribution is -2.43. The number of hydrogen-bond donors (Lipinski definition) is 1. The van der Waals surface area contributed by atoms with E-state index in [2.05, 4.69) is 14.1 Å². The molecule has 7 nitrogen and oxygen atoms in total. The molecular weight excluding hydrogens is 420 g/mol. The molecule has 0 radical (unpaired) electrons. The summed E-state index contributed by atoms with van der Waals surface area (Å²) in [4.78, 5) is 12.9. The molecule has 1 unspecified atom stereocenters. The molecule has 146 valence electrons. The Bertz CT molecular complexity index is 1160. The molecule has 1 aliphatic rings. The Hall–Kier alpha value is -2.07. The van der Waals surface area contributed by atoms with Crippen LogP contribution in [0.4, 0.5) is 5.69 Å². The fourth-order valence-corrected chi connectivity index (χ4v) is 5.89. The summed E-state index contributed by atoms with van der Waals surface area (Å²) >= 11 is 7.08. The molecule has 28 heavy (non-hydrogen) atoms. The molecule has 1 atom stereocenters. The van der Waals surface area contributed by atoms with Gasteiger partial charge in [-0.15, -0.1) is 0 Å². The summed E-state index contributed by atoms with van der Waals surface area (Å²) in [5, 5.41) is 3.32. The minimum absolute atomic E-state index is 0.0804. The molecule has 1 aromatic heterocycles. The van der Waals surface area contributed by atoms with Crippen molar-refractivity contribution in [1.82, 2.24) is 13.1 Å². The van der Waals surface area contributed by atoms with E-state index in [0.717, 1.165) is 17.3 Å². The number of aryl methyl sites for hydroxylation is 1. The van der Waals surface area contributed by atoms with E-state index in [1.54, 1.807) is 30.3 Å². The Morgan fingerprint density at radius 1 is 1.29 bits per heavy atom. The molecule has 0 spiro atoms. The normalized spacial score (nSPS) is 17.9. The first-order valence-electron chi connectivity index (χ1n) is 8.68. The number of carbonyl (C=O) groups is 1. The summed E-state index contributed by atoms with van der Waals surface area (Å²) in [7, 11) is -3.89. The molecule has 0 aliphatic carbocycles. The number of aromatic nitrogens is 2. The Kier molecular flexibility index (Phi) is 5.09. The number of anilines is 1. The SMILES string of the molecule is Cc1ccc(NC(=O)C2CCCN2S(=O)(=O)c2cccc3nsnc23)cc1Cl. The number of halogens is 1. The highest BCUT2D eigenvalue weighted by Gasteiger charge is 2.40. The fourth-order valence-electron chi connectivity index (χ4n) is 3.30. The van der Waals surface area contributed by atoms with Gasteiger partial charge in [0.15, 0.2) is 0 Å². The monoisotopic (exact) mass is 436 g/mol. The van der Waals surface area contributed by atoms with Gasteiger partial charge in [0, 0.05) is 17.3 Å². The minimum atomic E-state index is -3.89. The van der Waals surface area contributed by atoms with Gasteiger partial charge in [-0.3, -0.25) is 4.79 Å². The maximum atomic E-state index is 13.3. The Morgan fingerprint density at radius 3 is 2.89 bits per heavy atom. The lowest BCUT2D eigenvalue weighted by molar-refractivity contribution is -0.119. The van der Waals surface area contributed by atoms with Crippen molar-refractivity contribution in [2.45, 2.75) is 30.7 Å². The van der Waals surface area contributed by atoms with Crippen LogP contribution in [-0.4, -0.2) is 40.0 Å². The number of nitrogens with one attached hydrogen (secondary N) is 1. The third-order valence-electron chi connectivity index (χ3n) is 4.78. The summed E-state index contributed by atoms with van der Waals surface area (Å²) < 4.78 is 36.0. The second-order valence-corrected chi connectivity index (χ2v) is 9.41. The zero-order valence-corrected chi connectivity index (χ0v) is 17.3. The van der Waals surface area contributed by atoms with Gasteiger partial charge in [0.05, 0.1) is 11.7 Å². The van der Waals surface area contributed by atoms with Crippen LogP contribution in [0.3, 0.4) is 0 Å². The van der Waals surface area contributed by atoms with Crippen LogP contribution in [0.5, 0.6) is 0 Å². The van der Waals surface area contributed by atoms with Gasteiger partial charge >= 0.3 is 0 Å². The summed E-state index contributed by atoms with van der Waals surface area (Å²) in [6, 6.07) is 9.28. The first kappa shape index (κ1) is 19.3. The summed E-state index contributed by atoms with van der Waals surface area (Å²) in [5.41, 5.74) is 2.30. The van der Waals surface area contributed by atoms with Crippen molar-refractivity contribution in [2.75, 3.05) is 11.9 Å². The van der Waals surface area contributed by atoms with Gasteiger partial charge in [-0.2, -0.15) is 13.1 Å². The lowest BCUT2D eigenvalue weighted by atomic mass is 10.2. The molecule has 2 heterocycles. The van der Waals surface area contributed by atoms with E-state index in [0.29, 0.717) is 34.6 Å². The summed E-state index contributed by atoms with van der Waals surface area (Å²) in [5.74, 6) is -0.371. The van der Waals surface area contributed by atoms with E-state index in [4.69, 9.17) is 11.6 Å². The molecule has 3 aromatic rings. The molecule has 1 aliphatic heterocycles. The van der Waals surface area contributed by atoms with Crippen LogP contribution in [0.15, 0.2) is 41.3 Å². The number of fused-ring (bicyclic) bond motifs is 1. The van der Waals surface area contributed by atoms with E-state index >= 15 is 0 Å². The van der Waals surface area contributed by atoms with E-state index < -0.39 is 16.1 Å². The highest BCUT2D eigenvalue weighted by Crippen LogP contribution is 2.30. The van der Waals surface area contributed by atoms with Crippen LogP contribution in [0.2, 0.25) is 5.02 Å². The highest BCUT2D eigenvalue weighted by atomic mass is 35.5. The van der Waals surface area contributed by atoms with Crippen LogP contribution < -0.4 is 5.32 Å². The smallest absolute Gasteiger partial charge is 0.246 e. The summed E-state index contributed by atoms with van der Waals surface area (Å²) in [6.07, 6.45) is 1.06. The van der Waals surface area contributed by atoms with Crippen molar-refractivity contribution >= 4 is 56.0 Å². The number of sulfonamides is 1. The highest BCUT2D eigenvalue weighted by molar-refractivity contribution is 7.89. The van der Waals surface area contributed by atoms with Crippen LogP contribution in [0, 0.1) is 6.92 Å². The second-order valence-electron chi connectivity index (χ2n) is 6.62. The molecular formula is C18H17ClN4O3S2. The van der Waals surface area contributed by atoms with Crippen molar-refractivity contribution in [1.29, 1.82) is 0 Å². The maximum Gasteiger partial charge on any atom is 0.246 e. The number of rotatable bonds is 4. The van der Waals surface area contributed by atoms with Crippen molar-refractivity contribution < 1.29 is 13.2 Å². The number of carbonyl (C=O) groups excluding carboxylic acids is 1. The van der Waals surface area contributed by atoms with Crippen molar-refractivity contribution in [3.8, 4) is 0 Å². The van der Waals surface area contributed by atoms with Gasteiger partial charge in [0.2, 0.25) is 15.9 Å². The molecule has 10 heteroatoms. The number of nitrogens with zero attached hydrogens (tertiary/aromatic N) is 3. The first-order chi connectivity index (χ1) is 13.4. The van der Waals surface area contributed by atoms with Gasteiger partial charge in [0.1, 0.15) is 22.0 Å². The third kappa shape index (κ3) is 3.39.